The summed E-state index contributed by atoms with van der Waals surface area (Å²) in [6, 6.07) is 0. The second-order valence-corrected chi connectivity index (χ2v) is 18.9. The molecular formula is C56H106O6. The monoisotopic (exact) mass is 875 g/mol. The molecule has 0 rings (SSSR count). The van der Waals surface area contributed by atoms with Gasteiger partial charge in [-0.2, -0.15) is 0 Å². The number of ether oxygens (including phenoxy) is 3. The van der Waals surface area contributed by atoms with E-state index in [-0.39, 0.29) is 31.1 Å². The molecule has 0 N–H and O–H groups in total. The predicted molar refractivity (Wildman–Crippen MR) is 266 cm³/mol. The summed E-state index contributed by atoms with van der Waals surface area (Å²) in [6.07, 6.45) is 57.7. The van der Waals surface area contributed by atoms with E-state index in [4.69, 9.17) is 14.2 Å². The molecule has 1 unspecified atom stereocenters. The highest BCUT2D eigenvalue weighted by molar-refractivity contribution is 5.71. The highest BCUT2D eigenvalue weighted by atomic mass is 16.6. The summed E-state index contributed by atoms with van der Waals surface area (Å²) in [5.41, 5.74) is 0. The van der Waals surface area contributed by atoms with Gasteiger partial charge in [0.2, 0.25) is 0 Å². The van der Waals surface area contributed by atoms with E-state index in [1.54, 1.807) is 0 Å². The van der Waals surface area contributed by atoms with Crippen molar-refractivity contribution in [2.45, 2.75) is 316 Å². The van der Waals surface area contributed by atoms with Crippen molar-refractivity contribution in [2.75, 3.05) is 13.2 Å². The molecule has 0 bridgehead atoms. The van der Waals surface area contributed by atoms with Gasteiger partial charge in [-0.25, -0.2) is 0 Å². The zero-order chi connectivity index (χ0) is 45.1. The molecule has 0 aromatic rings. The van der Waals surface area contributed by atoms with Gasteiger partial charge in [0.1, 0.15) is 13.2 Å². The van der Waals surface area contributed by atoms with Crippen molar-refractivity contribution in [1.82, 2.24) is 0 Å². The largest absolute Gasteiger partial charge is 0.462 e. The number of rotatable bonds is 51. The molecule has 0 heterocycles. The van der Waals surface area contributed by atoms with Crippen LogP contribution in [0.5, 0.6) is 0 Å². The normalized spacial score (nSPS) is 12.0. The summed E-state index contributed by atoms with van der Waals surface area (Å²) < 4.78 is 16.8. The second-order valence-electron chi connectivity index (χ2n) is 18.9. The molecule has 0 amide bonds. The van der Waals surface area contributed by atoms with Crippen molar-refractivity contribution in [1.29, 1.82) is 0 Å². The second kappa shape index (κ2) is 51.8. The number of carbonyl (C=O) groups excluding carboxylic acids is 3. The third kappa shape index (κ3) is 49.2. The van der Waals surface area contributed by atoms with Gasteiger partial charge in [-0.3, -0.25) is 14.4 Å². The number of allylic oxidation sites excluding steroid dienone is 2. The van der Waals surface area contributed by atoms with Crippen molar-refractivity contribution in [3.63, 3.8) is 0 Å². The van der Waals surface area contributed by atoms with Crippen LogP contribution in [0, 0.1) is 0 Å². The van der Waals surface area contributed by atoms with Crippen LogP contribution in [0.2, 0.25) is 0 Å². The first-order valence-corrected chi connectivity index (χ1v) is 27.7. The zero-order valence-electron chi connectivity index (χ0n) is 41.9. The highest BCUT2D eigenvalue weighted by Gasteiger charge is 2.19. The van der Waals surface area contributed by atoms with Crippen LogP contribution in [0.4, 0.5) is 0 Å². The smallest absolute Gasteiger partial charge is 0.306 e. The number of esters is 3. The van der Waals surface area contributed by atoms with Gasteiger partial charge in [-0.05, 0) is 44.9 Å². The molecular weight excluding hydrogens is 769 g/mol. The lowest BCUT2D eigenvalue weighted by Crippen LogP contribution is -2.30. The maximum absolute atomic E-state index is 12.8. The van der Waals surface area contributed by atoms with Crippen molar-refractivity contribution in [2.24, 2.45) is 0 Å². The number of unbranched alkanes of at least 4 members (excludes halogenated alkanes) is 38. The maximum atomic E-state index is 12.8. The zero-order valence-corrected chi connectivity index (χ0v) is 41.9. The van der Waals surface area contributed by atoms with Gasteiger partial charge in [-0.15, -0.1) is 0 Å². The Morgan fingerprint density at radius 3 is 0.823 bits per heavy atom. The maximum Gasteiger partial charge on any atom is 0.306 e. The van der Waals surface area contributed by atoms with Crippen LogP contribution in [0.25, 0.3) is 0 Å². The fourth-order valence-electron chi connectivity index (χ4n) is 8.32. The lowest BCUT2D eigenvalue weighted by molar-refractivity contribution is -0.167. The third-order valence-corrected chi connectivity index (χ3v) is 12.5. The molecule has 366 valence electrons. The first-order chi connectivity index (χ1) is 30.5. The summed E-state index contributed by atoms with van der Waals surface area (Å²) in [4.78, 5) is 38.0. The van der Waals surface area contributed by atoms with Crippen LogP contribution in [0.1, 0.15) is 310 Å². The summed E-state index contributed by atoms with van der Waals surface area (Å²) in [5, 5.41) is 0. The molecule has 1 atom stereocenters. The van der Waals surface area contributed by atoms with Crippen molar-refractivity contribution in [3.8, 4) is 0 Å². The van der Waals surface area contributed by atoms with Crippen molar-refractivity contribution in [3.05, 3.63) is 12.2 Å². The Bertz CT molecular complexity index is 962. The van der Waals surface area contributed by atoms with Gasteiger partial charge in [0.05, 0.1) is 0 Å². The lowest BCUT2D eigenvalue weighted by Gasteiger charge is -2.18. The van der Waals surface area contributed by atoms with Crippen LogP contribution < -0.4 is 0 Å². The van der Waals surface area contributed by atoms with E-state index in [1.165, 1.54) is 199 Å². The summed E-state index contributed by atoms with van der Waals surface area (Å²) in [7, 11) is 0. The molecule has 0 saturated heterocycles. The fourth-order valence-corrected chi connectivity index (χ4v) is 8.32. The average Bonchev–Trinajstić information content (AvgIpc) is 3.27. The Hall–Kier alpha value is -1.85. The quantitative estimate of drug-likeness (QED) is 0.0262. The van der Waals surface area contributed by atoms with Crippen LogP contribution >= 0.6 is 0 Å². The minimum Gasteiger partial charge on any atom is -0.462 e. The van der Waals surface area contributed by atoms with Gasteiger partial charge < -0.3 is 14.2 Å². The van der Waals surface area contributed by atoms with Gasteiger partial charge in [-0.1, -0.05) is 258 Å². The Morgan fingerprint density at radius 2 is 0.532 bits per heavy atom. The fraction of sp³-hybridized carbons (Fsp3) is 0.911. The van der Waals surface area contributed by atoms with Crippen LogP contribution in [-0.2, 0) is 28.6 Å². The lowest BCUT2D eigenvalue weighted by atomic mass is 10.0. The molecule has 0 radical (unpaired) electrons. The summed E-state index contributed by atoms with van der Waals surface area (Å²) in [6.45, 7) is 6.66. The number of carbonyl (C=O) groups is 3. The van der Waals surface area contributed by atoms with Gasteiger partial charge >= 0.3 is 17.9 Å². The van der Waals surface area contributed by atoms with E-state index in [0.717, 1.165) is 70.6 Å². The Balaban J connectivity index is 4.30. The Labute approximate surface area is 386 Å². The van der Waals surface area contributed by atoms with Gasteiger partial charge in [0.25, 0.3) is 0 Å². The summed E-state index contributed by atoms with van der Waals surface area (Å²) in [5.74, 6) is -0.866. The van der Waals surface area contributed by atoms with E-state index < -0.39 is 6.10 Å². The predicted octanol–water partition coefficient (Wildman–Crippen LogP) is 18.2. The molecule has 62 heavy (non-hydrogen) atoms. The van der Waals surface area contributed by atoms with Crippen LogP contribution in [-0.4, -0.2) is 37.2 Å². The average molecular weight is 875 g/mol. The van der Waals surface area contributed by atoms with E-state index in [9.17, 15) is 14.4 Å². The molecule has 0 aliphatic heterocycles. The number of hydrogen-bond donors (Lipinski definition) is 0. The molecule has 0 fully saturated rings. The first kappa shape index (κ1) is 60.2. The van der Waals surface area contributed by atoms with Crippen LogP contribution in [0.15, 0.2) is 12.2 Å². The number of hydrogen-bond acceptors (Lipinski definition) is 6. The standard InChI is InChI=1S/C56H106O6/c1-4-7-10-13-16-19-22-25-26-27-28-29-32-34-37-40-43-46-49-55(58)61-52-53(62-56(59)50-47-44-41-38-35-31-24-21-18-15-12-9-6-3)51-60-54(57)48-45-42-39-36-33-30-23-20-17-14-11-8-5-2/h31,35,53H,4-30,32-34,36-52H2,1-3H3/b35-31-. The van der Waals surface area contributed by atoms with E-state index in [1.807, 2.05) is 0 Å². The van der Waals surface area contributed by atoms with Crippen molar-refractivity contribution >= 4 is 17.9 Å². The SMILES string of the molecule is CCCCCCCC/C=C\CCCCCC(=O)OC(COC(=O)CCCCCCCCCCCCCCC)COC(=O)CCCCCCCCCCCCCCCCCCCC. The topological polar surface area (TPSA) is 78.9 Å². The van der Waals surface area contributed by atoms with Gasteiger partial charge in [0, 0.05) is 19.3 Å². The molecule has 0 aromatic heterocycles. The molecule has 6 heteroatoms. The van der Waals surface area contributed by atoms with Crippen LogP contribution in [0.3, 0.4) is 0 Å². The van der Waals surface area contributed by atoms with E-state index in [0.29, 0.717) is 19.3 Å². The summed E-state index contributed by atoms with van der Waals surface area (Å²) >= 11 is 0. The molecule has 0 aromatic carbocycles. The Kier molecular flexibility index (Phi) is 50.2. The highest BCUT2D eigenvalue weighted by Crippen LogP contribution is 2.17. The van der Waals surface area contributed by atoms with E-state index in [2.05, 4.69) is 32.9 Å². The third-order valence-electron chi connectivity index (χ3n) is 12.5. The first-order valence-electron chi connectivity index (χ1n) is 27.7. The molecule has 0 saturated carbocycles. The minimum absolute atomic E-state index is 0.0704. The minimum atomic E-state index is -0.771. The molecule has 0 aliphatic carbocycles. The molecule has 0 aliphatic rings. The van der Waals surface area contributed by atoms with Crippen molar-refractivity contribution < 1.29 is 28.6 Å². The molecule has 0 spiro atoms. The molecule has 6 nitrogen and oxygen atoms in total. The van der Waals surface area contributed by atoms with E-state index >= 15 is 0 Å². The Morgan fingerprint density at radius 1 is 0.306 bits per heavy atom. The van der Waals surface area contributed by atoms with Gasteiger partial charge in [0.15, 0.2) is 6.10 Å².